The van der Waals surface area contributed by atoms with Crippen LogP contribution in [-0.2, 0) is 19.9 Å². The summed E-state index contributed by atoms with van der Waals surface area (Å²) < 4.78 is 4.82. The zero-order chi connectivity index (χ0) is 16.6. The van der Waals surface area contributed by atoms with Gasteiger partial charge in [-0.15, -0.1) is 0 Å². The van der Waals surface area contributed by atoms with Gasteiger partial charge in [-0.25, -0.2) is 4.79 Å². The van der Waals surface area contributed by atoms with Gasteiger partial charge in [-0.2, -0.15) is 0 Å². The van der Waals surface area contributed by atoms with E-state index in [1.54, 1.807) is 55.6 Å². The first-order valence-corrected chi connectivity index (χ1v) is 7.24. The van der Waals surface area contributed by atoms with Crippen LogP contribution in [0.15, 0.2) is 54.6 Å². The molecule has 1 aliphatic heterocycles. The number of ether oxygens (including phenoxy) is 1. The Morgan fingerprint density at radius 2 is 1.74 bits per heavy atom. The van der Waals surface area contributed by atoms with Gasteiger partial charge in [-0.1, -0.05) is 48.5 Å². The number of amides is 1. The standard InChI is InChI=1S/C18H17NO4/c1-19-14-11-7-6-10-13(14)15(16(19)20)18(22,17(21)23-2)12-8-4-3-5-9-12/h3-11,15,22H,1-2H3/t15-,18+/m0/s1. The zero-order valence-corrected chi connectivity index (χ0v) is 12.9. The van der Waals surface area contributed by atoms with Crippen molar-refractivity contribution in [2.75, 3.05) is 19.1 Å². The van der Waals surface area contributed by atoms with Crippen molar-refractivity contribution in [2.24, 2.45) is 0 Å². The number of anilines is 1. The van der Waals surface area contributed by atoms with Crippen LogP contribution in [-0.4, -0.2) is 31.1 Å². The Labute approximate surface area is 134 Å². The van der Waals surface area contributed by atoms with Crippen molar-refractivity contribution in [1.82, 2.24) is 0 Å². The Kier molecular flexibility index (Phi) is 3.66. The Balaban J connectivity index is 2.23. The van der Waals surface area contributed by atoms with E-state index in [0.717, 1.165) is 0 Å². The van der Waals surface area contributed by atoms with Crippen LogP contribution in [0.2, 0.25) is 0 Å². The number of likely N-dealkylation sites (N-methyl/N-ethyl adjacent to an activating group) is 1. The molecule has 1 amide bonds. The van der Waals surface area contributed by atoms with Crippen LogP contribution in [0.3, 0.4) is 0 Å². The van der Waals surface area contributed by atoms with Crippen molar-refractivity contribution in [3.8, 4) is 0 Å². The van der Waals surface area contributed by atoms with Gasteiger partial charge < -0.3 is 14.7 Å². The molecule has 0 spiro atoms. The Morgan fingerprint density at radius 3 is 2.39 bits per heavy atom. The molecule has 3 rings (SSSR count). The van der Waals surface area contributed by atoms with Gasteiger partial charge in [0, 0.05) is 12.7 Å². The Hall–Kier alpha value is -2.66. The second-order valence-corrected chi connectivity index (χ2v) is 5.51. The second kappa shape index (κ2) is 5.52. The summed E-state index contributed by atoms with van der Waals surface area (Å²) in [6.07, 6.45) is 0. The molecule has 1 aliphatic rings. The number of carbonyl (C=O) groups excluding carboxylic acids is 2. The normalized spacial score (nSPS) is 19.2. The topological polar surface area (TPSA) is 66.8 Å². The highest BCUT2D eigenvalue weighted by atomic mass is 16.5. The molecule has 1 heterocycles. The molecule has 0 aliphatic carbocycles. The van der Waals surface area contributed by atoms with E-state index >= 15 is 0 Å². The molecule has 0 unspecified atom stereocenters. The maximum atomic E-state index is 12.8. The molecule has 5 nitrogen and oxygen atoms in total. The van der Waals surface area contributed by atoms with Crippen molar-refractivity contribution in [3.05, 3.63) is 65.7 Å². The van der Waals surface area contributed by atoms with E-state index in [-0.39, 0.29) is 5.91 Å². The lowest BCUT2D eigenvalue weighted by atomic mass is 9.78. The van der Waals surface area contributed by atoms with E-state index in [1.165, 1.54) is 12.0 Å². The summed E-state index contributed by atoms with van der Waals surface area (Å²) in [5.41, 5.74) is -0.457. The van der Waals surface area contributed by atoms with E-state index in [4.69, 9.17) is 4.74 Å². The molecule has 5 heteroatoms. The van der Waals surface area contributed by atoms with Crippen molar-refractivity contribution < 1.29 is 19.4 Å². The highest BCUT2D eigenvalue weighted by Gasteiger charge is 2.55. The Bertz CT molecular complexity index is 759. The SMILES string of the molecule is COC(=O)[C@@](O)(c1ccccc1)[C@@H]1C(=O)N(C)c2ccccc21. The molecule has 0 bridgehead atoms. The largest absolute Gasteiger partial charge is 0.467 e. The zero-order valence-electron chi connectivity index (χ0n) is 12.9. The minimum Gasteiger partial charge on any atom is -0.467 e. The van der Waals surface area contributed by atoms with Gasteiger partial charge in [-0.3, -0.25) is 4.79 Å². The number of hydrogen-bond donors (Lipinski definition) is 1. The molecule has 2 aromatic rings. The fourth-order valence-electron chi connectivity index (χ4n) is 3.14. The number of methoxy groups -OCH3 is 1. The highest BCUT2D eigenvalue weighted by molar-refractivity contribution is 6.08. The minimum atomic E-state index is -2.08. The third kappa shape index (κ3) is 2.12. The van der Waals surface area contributed by atoms with Crippen LogP contribution in [0.5, 0.6) is 0 Å². The molecule has 118 valence electrons. The predicted octanol–water partition coefficient (Wildman–Crippen LogP) is 1.81. The van der Waals surface area contributed by atoms with Crippen molar-refractivity contribution >= 4 is 17.6 Å². The monoisotopic (exact) mass is 311 g/mol. The van der Waals surface area contributed by atoms with E-state index in [1.807, 2.05) is 6.07 Å². The third-order valence-corrected chi connectivity index (χ3v) is 4.31. The maximum absolute atomic E-state index is 12.8. The van der Waals surface area contributed by atoms with Crippen LogP contribution in [0.4, 0.5) is 5.69 Å². The van der Waals surface area contributed by atoms with Crippen LogP contribution >= 0.6 is 0 Å². The van der Waals surface area contributed by atoms with Gasteiger partial charge in [0.25, 0.3) is 0 Å². The lowest BCUT2D eigenvalue weighted by molar-refractivity contribution is -0.168. The fraction of sp³-hybridized carbons (Fsp3) is 0.222. The number of rotatable bonds is 3. The fourth-order valence-corrected chi connectivity index (χ4v) is 3.14. The predicted molar refractivity (Wildman–Crippen MR) is 84.9 cm³/mol. The first kappa shape index (κ1) is 15.2. The first-order valence-electron chi connectivity index (χ1n) is 7.24. The molecular weight excluding hydrogens is 294 g/mol. The summed E-state index contributed by atoms with van der Waals surface area (Å²) in [5, 5.41) is 11.3. The van der Waals surface area contributed by atoms with Crippen LogP contribution in [0.25, 0.3) is 0 Å². The van der Waals surface area contributed by atoms with Gasteiger partial charge in [-0.05, 0) is 17.2 Å². The maximum Gasteiger partial charge on any atom is 0.343 e. The minimum absolute atomic E-state index is 0.329. The molecule has 0 saturated heterocycles. The summed E-state index contributed by atoms with van der Waals surface area (Å²) in [7, 11) is 2.83. The molecule has 2 aromatic carbocycles. The number of esters is 1. The van der Waals surface area contributed by atoms with E-state index in [2.05, 4.69) is 0 Å². The summed E-state index contributed by atoms with van der Waals surface area (Å²) in [6, 6.07) is 15.5. The van der Waals surface area contributed by atoms with Gasteiger partial charge in [0.2, 0.25) is 11.5 Å². The van der Waals surface area contributed by atoms with E-state index in [9.17, 15) is 14.7 Å². The van der Waals surface area contributed by atoms with Crippen molar-refractivity contribution in [1.29, 1.82) is 0 Å². The van der Waals surface area contributed by atoms with Crippen molar-refractivity contribution in [2.45, 2.75) is 11.5 Å². The molecule has 0 saturated carbocycles. The van der Waals surface area contributed by atoms with E-state index < -0.39 is 17.5 Å². The highest BCUT2D eigenvalue weighted by Crippen LogP contribution is 2.47. The summed E-state index contributed by atoms with van der Waals surface area (Å²) >= 11 is 0. The second-order valence-electron chi connectivity index (χ2n) is 5.51. The average Bonchev–Trinajstić information content (AvgIpc) is 2.86. The number of hydrogen-bond acceptors (Lipinski definition) is 4. The lowest BCUT2D eigenvalue weighted by Gasteiger charge is -2.30. The number of carbonyl (C=O) groups is 2. The lowest BCUT2D eigenvalue weighted by Crippen LogP contribution is -2.46. The number of aliphatic hydroxyl groups is 1. The molecule has 1 N–H and O–H groups in total. The molecule has 0 radical (unpaired) electrons. The number of para-hydroxylation sites is 1. The molecular formula is C18H17NO4. The first-order chi connectivity index (χ1) is 11.0. The molecule has 2 atom stereocenters. The summed E-state index contributed by atoms with van der Waals surface area (Å²) in [4.78, 5) is 26.7. The third-order valence-electron chi connectivity index (χ3n) is 4.31. The van der Waals surface area contributed by atoms with E-state index in [0.29, 0.717) is 16.8 Å². The Morgan fingerprint density at radius 1 is 1.13 bits per heavy atom. The number of benzene rings is 2. The number of nitrogens with zero attached hydrogens (tertiary/aromatic N) is 1. The van der Waals surface area contributed by atoms with Gasteiger partial charge in [0.1, 0.15) is 5.92 Å². The molecule has 23 heavy (non-hydrogen) atoms. The number of fused-ring (bicyclic) bond motifs is 1. The molecule has 0 aromatic heterocycles. The molecule has 0 fully saturated rings. The van der Waals surface area contributed by atoms with Crippen molar-refractivity contribution in [3.63, 3.8) is 0 Å². The summed E-state index contributed by atoms with van der Waals surface area (Å²) in [5.74, 6) is -2.24. The van der Waals surface area contributed by atoms with Gasteiger partial charge >= 0.3 is 5.97 Å². The summed E-state index contributed by atoms with van der Waals surface area (Å²) in [6.45, 7) is 0. The van der Waals surface area contributed by atoms with Crippen LogP contribution in [0.1, 0.15) is 17.0 Å². The van der Waals surface area contributed by atoms with Gasteiger partial charge in [0.05, 0.1) is 7.11 Å². The average molecular weight is 311 g/mol. The van der Waals surface area contributed by atoms with Crippen LogP contribution in [0, 0.1) is 0 Å². The van der Waals surface area contributed by atoms with Crippen LogP contribution < -0.4 is 4.90 Å². The van der Waals surface area contributed by atoms with Gasteiger partial charge in [0.15, 0.2) is 0 Å². The smallest absolute Gasteiger partial charge is 0.343 e. The quantitative estimate of drug-likeness (QED) is 0.878.